The first kappa shape index (κ1) is 22.4. The van der Waals surface area contributed by atoms with Crippen molar-refractivity contribution < 1.29 is 9.53 Å². The lowest BCUT2D eigenvalue weighted by atomic mass is 10.2. The summed E-state index contributed by atoms with van der Waals surface area (Å²) in [5.41, 5.74) is 4.94. The van der Waals surface area contributed by atoms with Gasteiger partial charge in [0.05, 0.1) is 12.8 Å². The number of carbonyl (C=O) groups is 1. The summed E-state index contributed by atoms with van der Waals surface area (Å²) in [6, 6.07) is 20.4. The van der Waals surface area contributed by atoms with Gasteiger partial charge in [-0.15, -0.1) is 0 Å². The van der Waals surface area contributed by atoms with Crippen molar-refractivity contribution in [3.8, 4) is 5.75 Å². The van der Waals surface area contributed by atoms with Crippen LogP contribution in [0.2, 0.25) is 10.0 Å². The third kappa shape index (κ3) is 7.19. The number of nitrogens with one attached hydrogen (secondary N) is 2. The molecule has 2 N–H and O–H groups in total. The fourth-order valence-electron chi connectivity index (χ4n) is 2.50. The van der Waals surface area contributed by atoms with Gasteiger partial charge in [0.1, 0.15) is 12.4 Å². The van der Waals surface area contributed by atoms with Crippen LogP contribution in [-0.4, -0.2) is 18.7 Å². The van der Waals surface area contributed by atoms with E-state index in [0.717, 1.165) is 14.8 Å². The molecule has 0 aliphatic heterocycles. The van der Waals surface area contributed by atoms with E-state index in [1.807, 2.05) is 48.5 Å². The van der Waals surface area contributed by atoms with Crippen molar-refractivity contribution >= 4 is 63.6 Å². The highest BCUT2D eigenvalue weighted by Gasteiger charge is 2.05. The van der Waals surface area contributed by atoms with Gasteiger partial charge >= 0.3 is 0 Å². The van der Waals surface area contributed by atoms with Crippen molar-refractivity contribution in [2.24, 2.45) is 5.10 Å². The van der Waals surface area contributed by atoms with Gasteiger partial charge < -0.3 is 10.1 Å². The number of hydrazone groups is 1. The molecule has 1 amide bonds. The lowest BCUT2D eigenvalue weighted by Crippen LogP contribution is -2.25. The molecule has 0 bridgehead atoms. The molecular formula is C22H18Cl2IN3O2. The topological polar surface area (TPSA) is 62.7 Å². The molecule has 154 valence electrons. The van der Waals surface area contributed by atoms with Gasteiger partial charge in [0, 0.05) is 24.9 Å². The van der Waals surface area contributed by atoms with Gasteiger partial charge in [-0.2, -0.15) is 5.10 Å². The first-order valence-electron chi connectivity index (χ1n) is 8.98. The number of anilines is 1. The Balaban J connectivity index is 1.56. The van der Waals surface area contributed by atoms with Gasteiger partial charge in [0.15, 0.2) is 0 Å². The van der Waals surface area contributed by atoms with E-state index >= 15 is 0 Å². The Morgan fingerprint density at radius 3 is 2.57 bits per heavy atom. The average molecular weight is 554 g/mol. The van der Waals surface area contributed by atoms with E-state index in [9.17, 15) is 4.79 Å². The number of carbonyl (C=O) groups excluding carboxylic acids is 1. The third-order valence-corrected chi connectivity index (χ3v) is 5.13. The van der Waals surface area contributed by atoms with Crippen LogP contribution < -0.4 is 15.5 Å². The first-order valence-corrected chi connectivity index (χ1v) is 10.8. The standard InChI is InChI=1S/C22H18Cl2IN3O2/c23-17-3-1-2-15(10-17)14-30-21-9-4-18(24)11-16(21)12-27-28-22(29)13-26-20-7-5-19(25)6-8-20/h1-12,26H,13-14H2,(H,28,29)/b27-12-. The van der Waals surface area contributed by atoms with Gasteiger partial charge in [-0.1, -0.05) is 35.3 Å². The maximum Gasteiger partial charge on any atom is 0.259 e. The van der Waals surface area contributed by atoms with Crippen LogP contribution in [0.3, 0.4) is 0 Å². The van der Waals surface area contributed by atoms with E-state index in [4.69, 9.17) is 27.9 Å². The van der Waals surface area contributed by atoms with Crippen LogP contribution in [0.15, 0.2) is 71.8 Å². The molecule has 0 aromatic heterocycles. The smallest absolute Gasteiger partial charge is 0.259 e. The van der Waals surface area contributed by atoms with Crippen molar-refractivity contribution in [2.45, 2.75) is 6.61 Å². The molecule has 30 heavy (non-hydrogen) atoms. The second kappa shape index (κ2) is 11.2. The number of ether oxygens (including phenoxy) is 1. The number of halogens is 3. The van der Waals surface area contributed by atoms with E-state index < -0.39 is 0 Å². The molecule has 0 radical (unpaired) electrons. The average Bonchev–Trinajstić information content (AvgIpc) is 2.73. The molecule has 0 spiro atoms. The second-order valence-corrected chi connectivity index (χ2v) is 8.37. The molecule has 0 atom stereocenters. The van der Waals surface area contributed by atoms with Crippen LogP contribution in [0.4, 0.5) is 5.69 Å². The lowest BCUT2D eigenvalue weighted by molar-refractivity contribution is -0.119. The normalized spacial score (nSPS) is 10.8. The predicted octanol–water partition coefficient (Wildman–Crippen LogP) is 5.74. The molecule has 8 heteroatoms. The Hall–Kier alpha value is -2.29. The highest BCUT2D eigenvalue weighted by Crippen LogP contribution is 2.23. The molecule has 3 aromatic rings. The van der Waals surface area contributed by atoms with Gasteiger partial charge in [-0.25, -0.2) is 5.43 Å². The number of nitrogens with zero attached hydrogens (tertiary/aromatic N) is 1. The Morgan fingerprint density at radius 2 is 1.80 bits per heavy atom. The number of rotatable bonds is 8. The molecule has 0 aliphatic rings. The second-order valence-electron chi connectivity index (χ2n) is 6.25. The molecule has 0 unspecified atom stereocenters. The van der Waals surface area contributed by atoms with Crippen molar-refractivity contribution in [1.29, 1.82) is 0 Å². The van der Waals surface area contributed by atoms with Crippen LogP contribution >= 0.6 is 45.8 Å². The summed E-state index contributed by atoms with van der Waals surface area (Å²) in [6.45, 7) is 0.445. The Labute approximate surface area is 198 Å². The number of hydrogen-bond donors (Lipinski definition) is 2. The minimum absolute atomic E-state index is 0.103. The van der Waals surface area contributed by atoms with Gasteiger partial charge in [-0.3, -0.25) is 4.79 Å². The highest BCUT2D eigenvalue weighted by atomic mass is 127. The summed E-state index contributed by atoms with van der Waals surface area (Å²) in [7, 11) is 0. The van der Waals surface area contributed by atoms with E-state index in [1.54, 1.807) is 18.2 Å². The molecule has 0 saturated heterocycles. The molecule has 0 heterocycles. The maximum absolute atomic E-state index is 12.0. The van der Waals surface area contributed by atoms with E-state index in [1.165, 1.54) is 6.21 Å². The minimum Gasteiger partial charge on any atom is -0.488 e. The molecule has 5 nitrogen and oxygen atoms in total. The van der Waals surface area contributed by atoms with Gasteiger partial charge in [0.2, 0.25) is 0 Å². The highest BCUT2D eigenvalue weighted by molar-refractivity contribution is 14.1. The molecule has 0 aliphatic carbocycles. The maximum atomic E-state index is 12.0. The fraction of sp³-hybridized carbons (Fsp3) is 0.0909. The quantitative estimate of drug-likeness (QED) is 0.212. The van der Waals surface area contributed by atoms with Crippen molar-refractivity contribution in [1.82, 2.24) is 5.43 Å². The monoisotopic (exact) mass is 553 g/mol. The Bertz CT molecular complexity index is 1040. The molecule has 3 rings (SSSR count). The zero-order valence-corrected chi connectivity index (χ0v) is 19.4. The van der Waals surface area contributed by atoms with E-state index in [2.05, 4.69) is 38.4 Å². The Morgan fingerprint density at radius 1 is 1.03 bits per heavy atom. The van der Waals surface area contributed by atoms with E-state index in [0.29, 0.717) is 28.0 Å². The lowest BCUT2D eigenvalue weighted by Gasteiger charge is -2.10. The molecule has 0 fully saturated rings. The summed E-state index contributed by atoms with van der Waals surface area (Å²) in [6.07, 6.45) is 1.50. The van der Waals surface area contributed by atoms with Crippen LogP contribution in [0, 0.1) is 3.57 Å². The van der Waals surface area contributed by atoms with E-state index in [-0.39, 0.29) is 12.5 Å². The third-order valence-electron chi connectivity index (χ3n) is 3.95. The predicted molar refractivity (Wildman–Crippen MR) is 131 cm³/mol. The summed E-state index contributed by atoms with van der Waals surface area (Å²) in [4.78, 5) is 12.0. The largest absolute Gasteiger partial charge is 0.488 e. The first-order chi connectivity index (χ1) is 14.5. The van der Waals surface area contributed by atoms with Gasteiger partial charge in [0.25, 0.3) is 5.91 Å². The summed E-state index contributed by atoms with van der Waals surface area (Å²) >= 11 is 14.3. The van der Waals surface area contributed by atoms with Crippen molar-refractivity contribution in [3.05, 3.63) is 91.5 Å². The number of benzene rings is 3. The minimum atomic E-state index is -0.270. The molecule has 0 saturated carbocycles. The van der Waals surface area contributed by atoms with Crippen molar-refractivity contribution in [3.63, 3.8) is 0 Å². The Kier molecular flexibility index (Phi) is 8.36. The van der Waals surface area contributed by atoms with Crippen LogP contribution in [0.25, 0.3) is 0 Å². The van der Waals surface area contributed by atoms with Crippen LogP contribution in [0.5, 0.6) is 5.75 Å². The molecular weight excluding hydrogens is 536 g/mol. The SMILES string of the molecule is O=C(CNc1ccc(I)cc1)N/N=C\c1cc(Cl)ccc1OCc1cccc(Cl)c1. The summed E-state index contributed by atoms with van der Waals surface area (Å²) in [5.74, 6) is 0.322. The summed E-state index contributed by atoms with van der Waals surface area (Å²) in [5, 5.41) is 8.24. The number of amides is 1. The summed E-state index contributed by atoms with van der Waals surface area (Å²) < 4.78 is 7.00. The zero-order chi connectivity index (χ0) is 21.3. The van der Waals surface area contributed by atoms with Crippen LogP contribution in [-0.2, 0) is 11.4 Å². The molecule has 3 aromatic carbocycles. The zero-order valence-electron chi connectivity index (χ0n) is 15.7. The number of hydrogen-bond acceptors (Lipinski definition) is 4. The van der Waals surface area contributed by atoms with Crippen LogP contribution in [0.1, 0.15) is 11.1 Å². The van der Waals surface area contributed by atoms with Gasteiger partial charge in [-0.05, 0) is 82.8 Å². The fourth-order valence-corrected chi connectivity index (χ4v) is 3.26. The van der Waals surface area contributed by atoms with Crippen molar-refractivity contribution in [2.75, 3.05) is 11.9 Å².